The summed E-state index contributed by atoms with van der Waals surface area (Å²) in [6.45, 7) is 1.04. The van der Waals surface area contributed by atoms with E-state index in [4.69, 9.17) is 11.6 Å². The molecule has 0 aliphatic carbocycles. The van der Waals surface area contributed by atoms with E-state index in [2.05, 4.69) is 0 Å². The maximum absolute atomic E-state index is 13.0. The van der Waals surface area contributed by atoms with Crippen molar-refractivity contribution in [3.63, 3.8) is 0 Å². The summed E-state index contributed by atoms with van der Waals surface area (Å²) in [6.07, 6.45) is -2.07. The van der Waals surface area contributed by atoms with Crippen molar-refractivity contribution in [3.8, 4) is 0 Å². The molecule has 1 rings (SSSR count). The number of ketones is 2. The van der Waals surface area contributed by atoms with Gasteiger partial charge in [-0.05, 0) is 31.2 Å². The third-order valence-corrected chi connectivity index (χ3v) is 1.97. The molecule has 14 heavy (non-hydrogen) atoms. The van der Waals surface area contributed by atoms with Crippen molar-refractivity contribution < 1.29 is 14.0 Å². The molecule has 0 saturated heterocycles. The minimum Gasteiger partial charge on any atom is -0.296 e. The first-order valence-electron chi connectivity index (χ1n) is 3.96. The summed E-state index contributed by atoms with van der Waals surface area (Å²) in [6, 6.07) is 5.73. The van der Waals surface area contributed by atoms with Gasteiger partial charge in [0.05, 0.1) is 0 Å². The number of hydrogen-bond acceptors (Lipinski definition) is 2. The van der Waals surface area contributed by atoms with Crippen molar-refractivity contribution in [2.75, 3.05) is 0 Å². The maximum atomic E-state index is 13.0. The Morgan fingerprint density at radius 1 is 1.29 bits per heavy atom. The Balaban J connectivity index is 2.90. The number of carbonyl (C=O) groups is 2. The van der Waals surface area contributed by atoms with Gasteiger partial charge in [0.15, 0.2) is 5.78 Å². The van der Waals surface area contributed by atoms with Crippen LogP contribution in [0, 0.1) is 0 Å². The third kappa shape index (κ3) is 2.39. The van der Waals surface area contributed by atoms with Gasteiger partial charge in [-0.15, -0.1) is 0 Å². The molecule has 2 nitrogen and oxygen atoms in total. The molecule has 1 atom stereocenters. The van der Waals surface area contributed by atoms with Crippen LogP contribution in [0.1, 0.15) is 17.3 Å². The van der Waals surface area contributed by atoms with Crippen LogP contribution in [-0.4, -0.2) is 17.7 Å². The van der Waals surface area contributed by atoms with E-state index in [1.165, 1.54) is 24.3 Å². The summed E-state index contributed by atoms with van der Waals surface area (Å²) >= 11 is 5.59. The van der Waals surface area contributed by atoms with E-state index in [0.29, 0.717) is 5.02 Å². The monoisotopic (exact) mass is 214 g/mol. The summed E-state index contributed by atoms with van der Waals surface area (Å²) in [5.74, 6) is -1.61. The third-order valence-electron chi connectivity index (χ3n) is 1.72. The number of halogens is 2. The van der Waals surface area contributed by atoms with E-state index < -0.39 is 17.7 Å². The molecule has 0 amide bonds. The van der Waals surface area contributed by atoms with Gasteiger partial charge in [-0.1, -0.05) is 11.6 Å². The maximum Gasteiger partial charge on any atom is 0.220 e. The average Bonchev–Trinajstić information content (AvgIpc) is 2.16. The minimum absolute atomic E-state index is 0.150. The Labute approximate surface area is 85.7 Å². The van der Waals surface area contributed by atoms with Gasteiger partial charge < -0.3 is 0 Å². The van der Waals surface area contributed by atoms with Crippen LogP contribution in [0.15, 0.2) is 24.3 Å². The van der Waals surface area contributed by atoms with Gasteiger partial charge in [-0.2, -0.15) is 0 Å². The van der Waals surface area contributed by atoms with Crippen LogP contribution in [0.4, 0.5) is 4.39 Å². The van der Waals surface area contributed by atoms with E-state index in [-0.39, 0.29) is 5.56 Å². The molecule has 1 unspecified atom stereocenters. The molecule has 0 aromatic heterocycles. The van der Waals surface area contributed by atoms with Gasteiger partial charge in [-0.25, -0.2) is 4.39 Å². The standard InChI is InChI=1S/C10H8ClFO2/c1-6(13)9(12)10(14)7-2-4-8(11)5-3-7/h2-5,9H,1H3. The summed E-state index contributed by atoms with van der Waals surface area (Å²) < 4.78 is 13.0. The average molecular weight is 215 g/mol. The normalized spacial score (nSPS) is 12.2. The summed E-state index contributed by atoms with van der Waals surface area (Å²) in [5.41, 5.74) is 0.150. The van der Waals surface area contributed by atoms with Gasteiger partial charge in [0.1, 0.15) is 0 Å². The Morgan fingerprint density at radius 3 is 2.21 bits per heavy atom. The lowest BCUT2D eigenvalue weighted by atomic mass is 10.1. The predicted octanol–water partition coefficient (Wildman–Crippen LogP) is 2.45. The van der Waals surface area contributed by atoms with E-state index in [1.807, 2.05) is 0 Å². The molecule has 0 saturated carbocycles. The number of benzene rings is 1. The molecule has 0 aliphatic rings. The fraction of sp³-hybridized carbons (Fsp3) is 0.200. The number of carbonyl (C=O) groups excluding carboxylic acids is 2. The fourth-order valence-corrected chi connectivity index (χ4v) is 1.07. The van der Waals surface area contributed by atoms with Crippen molar-refractivity contribution in [2.24, 2.45) is 0 Å². The second kappa shape index (κ2) is 4.33. The Kier molecular flexibility index (Phi) is 3.36. The lowest BCUT2D eigenvalue weighted by Gasteiger charge is -2.02. The van der Waals surface area contributed by atoms with Crippen LogP contribution >= 0.6 is 11.6 Å². The lowest BCUT2D eigenvalue weighted by molar-refractivity contribution is -0.120. The molecule has 1 aromatic carbocycles. The zero-order valence-corrected chi connectivity index (χ0v) is 8.22. The Morgan fingerprint density at radius 2 is 1.79 bits per heavy atom. The molecular formula is C10H8ClFO2. The Hall–Kier alpha value is -1.22. The SMILES string of the molecule is CC(=O)C(F)C(=O)c1ccc(Cl)cc1. The molecule has 0 heterocycles. The highest BCUT2D eigenvalue weighted by Gasteiger charge is 2.23. The van der Waals surface area contributed by atoms with Gasteiger partial charge >= 0.3 is 0 Å². The van der Waals surface area contributed by atoms with Gasteiger partial charge in [0, 0.05) is 10.6 Å². The highest BCUT2D eigenvalue weighted by Crippen LogP contribution is 2.12. The second-order valence-electron chi connectivity index (χ2n) is 2.84. The smallest absolute Gasteiger partial charge is 0.220 e. The number of Topliss-reactive ketones (excluding diaryl/α,β-unsaturated/α-hetero) is 2. The van der Waals surface area contributed by atoms with E-state index >= 15 is 0 Å². The predicted molar refractivity (Wildman–Crippen MR) is 51.4 cm³/mol. The van der Waals surface area contributed by atoms with Crippen molar-refractivity contribution in [3.05, 3.63) is 34.9 Å². The first-order chi connectivity index (χ1) is 6.52. The summed E-state index contributed by atoms with van der Waals surface area (Å²) in [4.78, 5) is 21.9. The number of alkyl halides is 1. The van der Waals surface area contributed by atoms with Crippen LogP contribution in [0.3, 0.4) is 0 Å². The number of rotatable bonds is 3. The van der Waals surface area contributed by atoms with Crippen molar-refractivity contribution >= 4 is 23.2 Å². The van der Waals surface area contributed by atoms with Crippen LogP contribution in [0.5, 0.6) is 0 Å². The first kappa shape index (κ1) is 10.9. The first-order valence-corrected chi connectivity index (χ1v) is 4.34. The van der Waals surface area contributed by atoms with Crippen LogP contribution in [0.25, 0.3) is 0 Å². The highest BCUT2D eigenvalue weighted by molar-refractivity contribution is 6.30. The van der Waals surface area contributed by atoms with Crippen LogP contribution < -0.4 is 0 Å². The quantitative estimate of drug-likeness (QED) is 0.572. The lowest BCUT2D eigenvalue weighted by Crippen LogP contribution is -2.23. The summed E-state index contributed by atoms with van der Waals surface area (Å²) in [7, 11) is 0. The molecule has 0 aliphatic heterocycles. The molecule has 0 fully saturated rings. The van der Waals surface area contributed by atoms with Gasteiger partial charge in [0.25, 0.3) is 0 Å². The fourth-order valence-electron chi connectivity index (χ4n) is 0.945. The molecule has 0 N–H and O–H groups in total. The molecule has 1 aromatic rings. The van der Waals surface area contributed by atoms with E-state index in [0.717, 1.165) is 6.92 Å². The molecule has 0 radical (unpaired) electrons. The van der Waals surface area contributed by atoms with E-state index in [1.54, 1.807) is 0 Å². The largest absolute Gasteiger partial charge is 0.296 e. The zero-order valence-electron chi connectivity index (χ0n) is 7.46. The molecule has 74 valence electrons. The van der Waals surface area contributed by atoms with E-state index in [9.17, 15) is 14.0 Å². The zero-order chi connectivity index (χ0) is 10.7. The second-order valence-corrected chi connectivity index (χ2v) is 3.28. The van der Waals surface area contributed by atoms with Gasteiger partial charge in [-0.3, -0.25) is 9.59 Å². The van der Waals surface area contributed by atoms with Crippen molar-refractivity contribution in [2.45, 2.75) is 13.1 Å². The Bertz CT molecular complexity index is 359. The van der Waals surface area contributed by atoms with Crippen LogP contribution in [0.2, 0.25) is 5.02 Å². The number of hydrogen-bond donors (Lipinski definition) is 0. The van der Waals surface area contributed by atoms with Crippen molar-refractivity contribution in [1.82, 2.24) is 0 Å². The molecular weight excluding hydrogens is 207 g/mol. The van der Waals surface area contributed by atoms with Crippen LogP contribution in [-0.2, 0) is 4.79 Å². The minimum atomic E-state index is -2.07. The topological polar surface area (TPSA) is 34.1 Å². The van der Waals surface area contributed by atoms with Gasteiger partial charge in [0.2, 0.25) is 12.0 Å². The molecule has 0 spiro atoms. The highest BCUT2D eigenvalue weighted by atomic mass is 35.5. The van der Waals surface area contributed by atoms with Crippen molar-refractivity contribution in [1.29, 1.82) is 0 Å². The summed E-state index contributed by atoms with van der Waals surface area (Å²) in [5, 5.41) is 0.458. The molecule has 0 bridgehead atoms. The molecule has 4 heteroatoms.